The Kier molecular flexibility index (Phi) is 5.99. The van der Waals surface area contributed by atoms with E-state index in [2.05, 4.69) is 22.0 Å². The number of piperidine rings is 1. The number of carbonyl (C=O) groups is 1. The number of halogens is 1. The minimum atomic E-state index is -0.624. The molecule has 5 rings (SSSR count). The monoisotopic (exact) mass is 474 g/mol. The quantitative estimate of drug-likeness (QED) is 0.606. The molecule has 35 heavy (non-hydrogen) atoms. The summed E-state index contributed by atoms with van der Waals surface area (Å²) in [7, 11) is 2.16. The number of carbonyl (C=O) groups excluding carboxylic acids is 1. The number of aromatic nitrogens is 3. The molecule has 1 aliphatic heterocycles. The second-order valence-electron chi connectivity index (χ2n) is 9.35. The molecule has 0 spiro atoms. The average Bonchev–Trinajstić information content (AvgIpc) is 3.67. The van der Waals surface area contributed by atoms with Gasteiger partial charge >= 0.3 is 0 Å². The highest BCUT2D eigenvalue weighted by atomic mass is 19.1. The highest BCUT2D eigenvalue weighted by molar-refractivity contribution is 5.94. The topological polar surface area (TPSA) is 98.3 Å². The van der Waals surface area contributed by atoms with E-state index in [0.717, 1.165) is 25.9 Å². The number of rotatable bonds is 5. The van der Waals surface area contributed by atoms with Crippen molar-refractivity contribution in [1.29, 1.82) is 5.26 Å². The van der Waals surface area contributed by atoms with E-state index in [1.54, 1.807) is 25.1 Å². The number of hydrogen-bond donors (Lipinski definition) is 1. The predicted molar refractivity (Wildman–Crippen MR) is 128 cm³/mol. The standard InChI is InChI=1S/C26H27FN6O2/c1-16-21(9-5-17(12-28)24(16)27)22-14-30-33(26(22)35)23-10-6-18(13-29-23)25(34)32-11-3-4-20(15-32)31(2)19-7-8-19/h5-6,9-10,13-14,19-20,35H,3-4,7-8,11,15H2,1-2H3. The fraction of sp³-hybridized carbons (Fsp3) is 0.385. The van der Waals surface area contributed by atoms with E-state index in [1.807, 2.05) is 11.0 Å². The lowest BCUT2D eigenvalue weighted by Crippen LogP contribution is -2.49. The highest BCUT2D eigenvalue weighted by Crippen LogP contribution is 2.34. The van der Waals surface area contributed by atoms with E-state index in [1.165, 1.54) is 36.0 Å². The van der Waals surface area contributed by atoms with Crippen molar-refractivity contribution < 1.29 is 14.3 Å². The fourth-order valence-corrected chi connectivity index (χ4v) is 4.83. The second-order valence-corrected chi connectivity index (χ2v) is 9.35. The van der Waals surface area contributed by atoms with Gasteiger partial charge in [-0.05, 0) is 69.0 Å². The first-order valence-corrected chi connectivity index (χ1v) is 11.8. The minimum Gasteiger partial charge on any atom is -0.493 e. The molecule has 3 heterocycles. The molecule has 0 bridgehead atoms. The molecule has 3 aromatic rings. The van der Waals surface area contributed by atoms with Crippen molar-refractivity contribution >= 4 is 5.91 Å². The molecule has 9 heteroatoms. The van der Waals surface area contributed by atoms with Crippen LogP contribution in [0, 0.1) is 24.1 Å². The van der Waals surface area contributed by atoms with Gasteiger partial charge in [0.25, 0.3) is 5.91 Å². The van der Waals surface area contributed by atoms with Gasteiger partial charge < -0.3 is 10.0 Å². The van der Waals surface area contributed by atoms with Crippen LogP contribution in [0.15, 0.2) is 36.7 Å². The maximum absolute atomic E-state index is 14.4. The molecule has 1 amide bonds. The molecule has 1 atom stereocenters. The van der Waals surface area contributed by atoms with E-state index in [0.29, 0.717) is 34.6 Å². The summed E-state index contributed by atoms with van der Waals surface area (Å²) in [5.74, 6) is -0.541. The maximum Gasteiger partial charge on any atom is 0.255 e. The van der Waals surface area contributed by atoms with Gasteiger partial charge in [0.2, 0.25) is 5.88 Å². The third-order valence-electron chi connectivity index (χ3n) is 7.14. The van der Waals surface area contributed by atoms with Gasteiger partial charge in [-0.15, -0.1) is 0 Å². The number of aromatic hydroxyl groups is 1. The Hall–Kier alpha value is -3.77. The van der Waals surface area contributed by atoms with Gasteiger partial charge in [-0.25, -0.2) is 9.37 Å². The SMILES string of the molecule is Cc1c(-c2cnn(-c3ccc(C(=O)N4CCCC(N(C)C5CC5)C4)cn3)c2O)ccc(C#N)c1F. The van der Waals surface area contributed by atoms with Crippen LogP contribution in [0.3, 0.4) is 0 Å². The number of hydrogen-bond acceptors (Lipinski definition) is 6. The molecule has 0 radical (unpaired) electrons. The zero-order chi connectivity index (χ0) is 24.7. The molecule has 2 fully saturated rings. The van der Waals surface area contributed by atoms with Crippen LogP contribution in [0.5, 0.6) is 5.88 Å². The molecule has 1 aliphatic carbocycles. The third-order valence-corrected chi connectivity index (χ3v) is 7.14. The molecule has 8 nitrogen and oxygen atoms in total. The first-order valence-electron chi connectivity index (χ1n) is 11.8. The van der Waals surface area contributed by atoms with Crippen LogP contribution >= 0.6 is 0 Å². The van der Waals surface area contributed by atoms with E-state index in [9.17, 15) is 14.3 Å². The van der Waals surface area contributed by atoms with Crippen LogP contribution in [-0.4, -0.2) is 67.8 Å². The largest absolute Gasteiger partial charge is 0.493 e. The number of nitriles is 1. The Morgan fingerprint density at radius 3 is 2.66 bits per heavy atom. The highest BCUT2D eigenvalue weighted by Gasteiger charge is 2.34. The summed E-state index contributed by atoms with van der Waals surface area (Å²) >= 11 is 0. The van der Waals surface area contributed by atoms with Crippen LogP contribution in [0.1, 0.15) is 47.2 Å². The molecular formula is C26H27FN6O2. The zero-order valence-corrected chi connectivity index (χ0v) is 19.8. The van der Waals surface area contributed by atoms with Crippen molar-refractivity contribution in [3.8, 4) is 28.9 Å². The summed E-state index contributed by atoms with van der Waals surface area (Å²) in [6, 6.07) is 9.14. The zero-order valence-electron chi connectivity index (χ0n) is 19.8. The molecule has 2 aromatic heterocycles. The summed E-state index contributed by atoms with van der Waals surface area (Å²) < 4.78 is 15.6. The molecular weight excluding hydrogens is 447 g/mol. The van der Waals surface area contributed by atoms with E-state index < -0.39 is 5.82 Å². The third kappa shape index (κ3) is 4.26. The Bertz CT molecular complexity index is 1310. The van der Waals surface area contributed by atoms with Gasteiger partial charge in [0.15, 0.2) is 5.82 Å². The van der Waals surface area contributed by atoms with Crippen molar-refractivity contribution in [3.05, 3.63) is 59.2 Å². The Balaban J connectivity index is 1.34. The van der Waals surface area contributed by atoms with Crippen LogP contribution in [0.25, 0.3) is 16.9 Å². The van der Waals surface area contributed by atoms with Gasteiger partial charge in [-0.3, -0.25) is 9.69 Å². The van der Waals surface area contributed by atoms with E-state index in [4.69, 9.17) is 5.26 Å². The van der Waals surface area contributed by atoms with Gasteiger partial charge in [0.1, 0.15) is 11.9 Å². The fourth-order valence-electron chi connectivity index (χ4n) is 4.83. The smallest absolute Gasteiger partial charge is 0.255 e. The summed E-state index contributed by atoms with van der Waals surface area (Å²) in [5, 5.41) is 24.0. The molecule has 180 valence electrons. The van der Waals surface area contributed by atoms with Crippen molar-refractivity contribution in [2.75, 3.05) is 20.1 Å². The lowest BCUT2D eigenvalue weighted by atomic mass is 10.00. The van der Waals surface area contributed by atoms with Gasteiger partial charge in [0, 0.05) is 31.4 Å². The molecule has 2 aliphatic rings. The van der Waals surface area contributed by atoms with Crippen LogP contribution in [-0.2, 0) is 0 Å². The van der Waals surface area contributed by atoms with Gasteiger partial charge in [-0.2, -0.15) is 15.0 Å². The summed E-state index contributed by atoms with van der Waals surface area (Å²) in [6.45, 7) is 3.01. The number of benzene rings is 1. The number of nitrogens with zero attached hydrogens (tertiary/aromatic N) is 6. The molecule has 1 saturated carbocycles. The van der Waals surface area contributed by atoms with Crippen molar-refractivity contribution in [2.45, 2.75) is 44.7 Å². The normalized spacial score (nSPS) is 18.0. The minimum absolute atomic E-state index is 0.0491. The summed E-state index contributed by atoms with van der Waals surface area (Å²) in [6.07, 6.45) is 7.51. The van der Waals surface area contributed by atoms with Gasteiger partial charge in [-0.1, -0.05) is 6.07 Å². The first-order chi connectivity index (χ1) is 16.9. The molecule has 1 unspecified atom stereocenters. The predicted octanol–water partition coefficient (Wildman–Crippen LogP) is 3.66. The van der Waals surface area contributed by atoms with Gasteiger partial charge in [0.05, 0.1) is 22.9 Å². The second kappa shape index (κ2) is 9.12. The van der Waals surface area contributed by atoms with Crippen LogP contribution in [0.4, 0.5) is 4.39 Å². The Labute approximate surface area is 203 Å². The van der Waals surface area contributed by atoms with Crippen molar-refractivity contribution in [1.82, 2.24) is 24.6 Å². The number of pyridine rings is 1. The number of amides is 1. The number of likely N-dealkylation sites (N-methyl/N-ethyl adjacent to an activating group) is 1. The lowest BCUT2D eigenvalue weighted by Gasteiger charge is -2.37. The Morgan fingerprint density at radius 1 is 1.17 bits per heavy atom. The first kappa shape index (κ1) is 23.0. The van der Waals surface area contributed by atoms with E-state index in [-0.39, 0.29) is 22.9 Å². The van der Waals surface area contributed by atoms with Crippen LogP contribution < -0.4 is 0 Å². The molecule has 1 saturated heterocycles. The summed E-state index contributed by atoms with van der Waals surface area (Å²) in [4.78, 5) is 21.8. The van der Waals surface area contributed by atoms with Crippen LogP contribution in [0.2, 0.25) is 0 Å². The van der Waals surface area contributed by atoms with Crippen molar-refractivity contribution in [3.63, 3.8) is 0 Å². The molecule has 1 aromatic carbocycles. The van der Waals surface area contributed by atoms with Crippen molar-refractivity contribution in [2.24, 2.45) is 0 Å². The molecule has 1 N–H and O–H groups in total. The lowest BCUT2D eigenvalue weighted by molar-refractivity contribution is 0.0600. The summed E-state index contributed by atoms with van der Waals surface area (Å²) in [5.41, 5.74) is 1.44. The average molecular weight is 475 g/mol. The number of likely N-dealkylation sites (tertiary alicyclic amines) is 1. The maximum atomic E-state index is 14.4. The Morgan fingerprint density at radius 2 is 1.97 bits per heavy atom. The van der Waals surface area contributed by atoms with E-state index >= 15 is 0 Å².